The van der Waals surface area contributed by atoms with Gasteiger partial charge in [-0.3, -0.25) is 4.79 Å². The number of carbonyl (C=O) groups is 1. The Hall–Kier alpha value is -2.67. The van der Waals surface area contributed by atoms with Gasteiger partial charge < -0.3 is 4.74 Å². The lowest BCUT2D eigenvalue weighted by Crippen LogP contribution is -2.50. The zero-order chi connectivity index (χ0) is 19.9. The number of rotatable bonds is 3. The number of fused-ring (bicyclic) bond motifs is 2. The van der Waals surface area contributed by atoms with E-state index in [9.17, 15) is 13.6 Å². The maximum Gasteiger partial charge on any atom is 0.241 e. The Morgan fingerprint density at radius 1 is 1.39 bits per heavy atom. The van der Waals surface area contributed by atoms with E-state index in [1.54, 1.807) is 6.08 Å². The second kappa shape index (κ2) is 7.05. The van der Waals surface area contributed by atoms with Gasteiger partial charge in [0.2, 0.25) is 5.91 Å². The number of thioether (sulfide) groups is 1. The summed E-state index contributed by atoms with van der Waals surface area (Å²) in [5.74, 6) is -0.951. The minimum atomic E-state index is -0.914. The number of allylic oxidation sites excluding steroid dienone is 1. The van der Waals surface area contributed by atoms with Gasteiger partial charge >= 0.3 is 0 Å². The average molecular weight is 400 g/mol. The van der Waals surface area contributed by atoms with E-state index >= 15 is 0 Å². The van der Waals surface area contributed by atoms with Crippen LogP contribution in [0.4, 0.5) is 8.78 Å². The van der Waals surface area contributed by atoms with Crippen molar-refractivity contribution in [3.63, 3.8) is 0 Å². The molecule has 2 aromatic rings. The molecule has 0 saturated carbocycles. The van der Waals surface area contributed by atoms with E-state index in [2.05, 4.69) is 11.7 Å². The summed E-state index contributed by atoms with van der Waals surface area (Å²) < 4.78 is 34.1. The number of hydrazone groups is 1. The zero-order valence-electron chi connectivity index (χ0n) is 15.2. The van der Waals surface area contributed by atoms with Crippen molar-refractivity contribution in [2.75, 3.05) is 6.61 Å². The maximum absolute atomic E-state index is 14.4. The van der Waals surface area contributed by atoms with Gasteiger partial charge in [-0.1, -0.05) is 36.0 Å². The van der Waals surface area contributed by atoms with Crippen LogP contribution in [0, 0.1) is 17.6 Å². The Labute approximate surface area is 165 Å². The lowest BCUT2D eigenvalue weighted by molar-refractivity contribution is -0.134. The molecule has 2 heterocycles. The summed E-state index contributed by atoms with van der Waals surface area (Å²) in [6, 6.07) is 10.7. The Morgan fingerprint density at radius 3 is 2.93 bits per heavy atom. The second-order valence-corrected chi connectivity index (χ2v) is 7.90. The molecule has 2 aromatic carbocycles. The number of para-hydroxylation sites is 1. The second-order valence-electron chi connectivity index (χ2n) is 6.69. The number of carbonyl (C=O) groups excluding carboxylic acids is 1. The molecule has 1 spiro atoms. The third-order valence-electron chi connectivity index (χ3n) is 4.93. The predicted octanol–water partition coefficient (Wildman–Crippen LogP) is 4.66. The molecule has 4 nitrogen and oxygen atoms in total. The topological polar surface area (TPSA) is 41.9 Å². The maximum atomic E-state index is 14.4. The number of benzene rings is 2. The molecule has 2 aliphatic heterocycles. The first kappa shape index (κ1) is 18.7. The summed E-state index contributed by atoms with van der Waals surface area (Å²) in [7, 11) is 0. The van der Waals surface area contributed by atoms with E-state index in [0.29, 0.717) is 18.8 Å². The molecule has 0 N–H and O–H groups in total. The molecule has 4 rings (SSSR count). The summed E-state index contributed by atoms with van der Waals surface area (Å²) in [4.78, 5) is 11.7. The van der Waals surface area contributed by atoms with Crippen molar-refractivity contribution < 1.29 is 18.3 Å². The standard InChI is InChI=1S/C21H18F2N2O2S/c1-3-6-14-12-27-19-8-5-4-7-17(19)21(14)25(13(2)26)24-20(28-21)16-11-15(22)9-10-18(16)23/h3-5,7-11,14H,1,6,12H2,2H3. The summed E-state index contributed by atoms with van der Waals surface area (Å²) in [5, 5.41) is 6.08. The SMILES string of the molecule is C=CCC1COc2ccccc2C12SC(c1cc(F)ccc1F)=NN2C(C)=O. The zero-order valence-corrected chi connectivity index (χ0v) is 16.0. The molecule has 2 aliphatic rings. The molecular weight excluding hydrogens is 382 g/mol. The Bertz CT molecular complexity index is 994. The largest absolute Gasteiger partial charge is 0.493 e. The van der Waals surface area contributed by atoms with E-state index in [-0.39, 0.29) is 22.4 Å². The normalized spacial score (nSPS) is 23.2. The van der Waals surface area contributed by atoms with Crippen LogP contribution in [0.15, 0.2) is 60.2 Å². The summed E-state index contributed by atoms with van der Waals surface area (Å²) >= 11 is 1.26. The fourth-order valence-corrected chi connectivity index (χ4v) is 5.27. The minimum absolute atomic E-state index is 0.0365. The highest BCUT2D eigenvalue weighted by Crippen LogP contribution is 2.57. The van der Waals surface area contributed by atoms with Gasteiger partial charge in [0.15, 0.2) is 4.87 Å². The van der Waals surface area contributed by atoms with Crippen LogP contribution in [0.5, 0.6) is 5.75 Å². The Kier molecular flexibility index (Phi) is 4.71. The van der Waals surface area contributed by atoms with Crippen molar-refractivity contribution in [2.45, 2.75) is 18.2 Å². The van der Waals surface area contributed by atoms with Crippen LogP contribution >= 0.6 is 11.8 Å². The summed E-state index contributed by atoms with van der Waals surface area (Å²) in [6.45, 7) is 5.59. The Morgan fingerprint density at radius 2 is 2.18 bits per heavy atom. The van der Waals surface area contributed by atoms with Crippen LogP contribution in [-0.2, 0) is 9.67 Å². The van der Waals surface area contributed by atoms with Gasteiger partial charge in [0, 0.05) is 24.0 Å². The molecule has 144 valence electrons. The van der Waals surface area contributed by atoms with Gasteiger partial charge in [-0.25, -0.2) is 13.8 Å². The highest BCUT2D eigenvalue weighted by Gasteiger charge is 2.56. The third kappa shape index (κ3) is 2.81. The fraction of sp³-hybridized carbons (Fsp3) is 0.238. The van der Waals surface area contributed by atoms with E-state index in [1.807, 2.05) is 24.3 Å². The van der Waals surface area contributed by atoms with Crippen molar-refractivity contribution in [2.24, 2.45) is 11.0 Å². The molecule has 28 heavy (non-hydrogen) atoms. The molecule has 0 bridgehead atoms. The number of hydrogen-bond acceptors (Lipinski definition) is 4. The molecule has 1 amide bonds. The van der Waals surface area contributed by atoms with Crippen LogP contribution in [0.2, 0.25) is 0 Å². The fourth-order valence-electron chi connectivity index (χ4n) is 3.72. The first-order chi connectivity index (χ1) is 13.5. The first-order valence-electron chi connectivity index (χ1n) is 8.84. The van der Waals surface area contributed by atoms with Gasteiger partial charge in [-0.15, -0.1) is 6.58 Å². The predicted molar refractivity (Wildman–Crippen MR) is 105 cm³/mol. The van der Waals surface area contributed by atoms with Crippen LogP contribution in [0.3, 0.4) is 0 Å². The van der Waals surface area contributed by atoms with Crippen molar-refractivity contribution in [3.8, 4) is 5.75 Å². The summed E-state index contributed by atoms with van der Waals surface area (Å²) in [5.41, 5.74) is 0.818. The van der Waals surface area contributed by atoms with Gasteiger partial charge in [-0.05, 0) is 30.7 Å². The van der Waals surface area contributed by atoms with E-state index < -0.39 is 16.5 Å². The highest BCUT2D eigenvalue weighted by molar-refractivity contribution is 8.15. The van der Waals surface area contributed by atoms with E-state index in [4.69, 9.17) is 4.74 Å². The number of ether oxygens (including phenoxy) is 1. The molecular formula is C21H18F2N2O2S. The Balaban J connectivity index is 1.90. The van der Waals surface area contributed by atoms with Crippen LogP contribution in [-0.4, -0.2) is 22.6 Å². The van der Waals surface area contributed by atoms with Crippen LogP contribution in [0.1, 0.15) is 24.5 Å². The number of halogens is 2. The van der Waals surface area contributed by atoms with E-state index in [0.717, 1.165) is 23.8 Å². The van der Waals surface area contributed by atoms with Crippen LogP contribution in [0.25, 0.3) is 0 Å². The molecule has 2 atom stereocenters. The third-order valence-corrected chi connectivity index (χ3v) is 6.46. The van der Waals surface area contributed by atoms with Crippen molar-refractivity contribution in [1.82, 2.24) is 5.01 Å². The molecule has 0 fully saturated rings. The van der Waals surface area contributed by atoms with Crippen LogP contribution < -0.4 is 4.74 Å². The average Bonchev–Trinajstić information content (AvgIpc) is 3.08. The quantitative estimate of drug-likeness (QED) is 0.704. The molecule has 0 aliphatic carbocycles. The summed E-state index contributed by atoms with van der Waals surface area (Å²) in [6.07, 6.45) is 2.34. The van der Waals surface area contributed by atoms with Crippen molar-refractivity contribution >= 4 is 22.7 Å². The number of nitrogens with zero attached hydrogens (tertiary/aromatic N) is 2. The lowest BCUT2D eigenvalue weighted by Gasteiger charge is -2.44. The molecule has 0 saturated heterocycles. The molecule has 2 unspecified atom stereocenters. The first-order valence-corrected chi connectivity index (χ1v) is 9.66. The van der Waals surface area contributed by atoms with Gasteiger partial charge in [-0.2, -0.15) is 5.10 Å². The van der Waals surface area contributed by atoms with Gasteiger partial charge in [0.05, 0.1) is 6.61 Å². The smallest absolute Gasteiger partial charge is 0.241 e. The highest BCUT2D eigenvalue weighted by atomic mass is 32.2. The van der Waals surface area contributed by atoms with Gasteiger partial charge in [0.25, 0.3) is 0 Å². The minimum Gasteiger partial charge on any atom is -0.493 e. The van der Waals surface area contributed by atoms with Crippen molar-refractivity contribution in [1.29, 1.82) is 0 Å². The number of amides is 1. The van der Waals surface area contributed by atoms with E-state index in [1.165, 1.54) is 23.7 Å². The molecule has 0 aromatic heterocycles. The number of hydrogen-bond donors (Lipinski definition) is 0. The van der Waals surface area contributed by atoms with Crippen molar-refractivity contribution in [3.05, 3.63) is 77.9 Å². The lowest BCUT2D eigenvalue weighted by atomic mass is 9.86. The van der Waals surface area contributed by atoms with Gasteiger partial charge in [0.1, 0.15) is 22.4 Å². The molecule has 7 heteroatoms. The monoisotopic (exact) mass is 400 g/mol. The molecule has 0 radical (unpaired) electrons.